The van der Waals surface area contributed by atoms with Crippen molar-refractivity contribution in [3.63, 3.8) is 0 Å². The first-order valence-corrected chi connectivity index (χ1v) is 6.69. The second-order valence-electron chi connectivity index (χ2n) is 4.57. The molecule has 4 heteroatoms. The molecule has 0 aliphatic carbocycles. The van der Waals surface area contributed by atoms with E-state index in [2.05, 4.69) is 0 Å². The van der Waals surface area contributed by atoms with Crippen molar-refractivity contribution in [1.29, 1.82) is 0 Å². The molecular formula is C17H17N2O2+. The summed E-state index contributed by atoms with van der Waals surface area (Å²) in [6.07, 6.45) is 5.98. The van der Waals surface area contributed by atoms with Crippen molar-refractivity contribution in [3.8, 4) is 22.9 Å². The Morgan fingerprint density at radius 1 is 0.857 bits per heavy atom. The fourth-order valence-corrected chi connectivity index (χ4v) is 2.33. The minimum absolute atomic E-state index is 0.834. The number of rotatable bonds is 4. The van der Waals surface area contributed by atoms with Gasteiger partial charge in [0.05, 0.1) is 14.2 Å². The van der Waals surface area contributed by atoms with Gasteiger partial charge >= 0.3 is 0 Å². The van der Waals surface area contributed by atoms with Crippen LogP contribution in [-0.4, -0.2) is 18.8 Å². The lowest BCUT2D eigenvalue weighted by Gasteiger charge is -2.04. The van der Waals surface area contributed by atoms with Crippen LogP contribution in [0, 0.1) is 0 Å². The SMILES string of the molecule is COc1ccccc1-n1cc[n+](-c2ccccc2OC)c1. The summed E-state index contributed by atoms with van der Waals surface area (Å²) in [5.74, 6) is 1.67. The van der Waals surface area contributed by atoms with E-state index in [4.69, 9.17) is 9.47 Å². The van der Waals surface area contributed by atoms with E-state index in [9.17, 15) is 0 Å². The molecule has 0 saturated carbocycles. The van der Waals surface area contributed by atoms with Gasteiger partial charge in [-0.25, -0.2) is 0 Å². The number of hydrogen-bond donors (Lipinski definition) is 0. The summed E-state index contributed by atoms with van der Waals surface area (Å²) < 4.78 is 14.8. The molecular weight excluding hydrogens is 264 g/mol. The number of nitrogens with zero attached hydrogens (tertiary/aromatic N) is 2. The second kappa shape index (κ2) is 5.71. The average molecular weight is 281 g/mol. The Hall–Kier alpha value is -2.75. The molecule has 21 heavy (non-hydrogen) atoms. The molecule has 0 atom stereocenters. The topological polar surface area (TPSA) is 27.3 Å². The van der Waals surface area contributed by atoms with Gasteiger partial charge in [0.15, 0.2) is 22.9 Å². The second-order valence-corrected chi connectivity index (χ2v) is 4.57. The van der Waals surface area contributed by atoms with Crippen LogP contribution in [0.2, 0.25) is 0 Å². The fourth-order valence-electron chi connectivity index (χ4n) is 2.33. The van der Waals surface area contributed by atoms with E-state index >= 15 is 0 Å². The van der Waals surface area contributed by atoms with Crippen LogP contribution < -0.4 is 14.0 Å². The van der Waals surface area contributed by atoms with Crippen molar-refractivity contribution in [2.24, 2.45) is 0 Å². The van der Waals surface area contributed by atoms with Gasteiger partial charge in [-0.3, -0.25) is 0 Å². The number of benzene rings is 2. The molecule has 0 spiro atoms. The highest BCUT2D eigenvalue weighted by molar-refractivity contribution is 5.46. The Kier molecular flexibility index (Phi) is 3.60. The van der Waals surface area contributed by atoms with Crippen LogP contribution in [0.25, 0.3) is 11.4 Å². The van der Waals surface area contributed by atoms with Gasteiger partial charge < -0.3 is 9.47 Å². The third kappa shape index (κ3) is 2.48. The highest BCUT2D eigenvalue weighted by atomic mass is 16.5. The summed E-state index contributed by atoms with van der Waals surface area (Å²) in [5.41, 5.74) is 1.99. The molecule has 0 radical (unpaired) electrons. The van der Waals surface area contributed by atoms with Gasteiger partial charge in [-0.05, 0) is 24.3 Å². The fraction of sp³-hybridized carbons (Fsp3) is 0.118. The van der Waals surface area contributed by atoms with Crippen LogP contribution in [0.4, 0.5) is 0 Å². The third-order valence-electron chi connectivity index (χ3n) is 3.36. The van der Waals surface area contributed by atoms with Gasteiger partial charge in [0.1, 0.15) is 12.4 Å². The molecule has 3 aromatic rings. The first-order chi connectivity index (χ1) is 10.3. The molecule has 2 aromatic carbocycles. The maximum Gasteiger partial charge on any atom is 0.254 e. The van der Waals surface area contributed by atoms with Gasteiger partial charge in [-0.15, -0.1) is 0 Å². The van der Waals surface area contributed by atoms with E-state index in [1.54, 1.807) is 14.2 Å². The van der Waals surface area contributed by atoms with Crippen LogP contribution in [0.1, 0.15) is 0 Å². The first-order valence-electron chi connectivity index (χ1n) is 6.69. The first kappa shape index (κ1) is 13.2. The van der Waals surface area contributed by atoms with Crippen LogP contribution in [0.3, 0.4) is 0 Å². The van der Waals surface area contributed by atoms with Crippen molar-refractivity contribution in [2.75, 3.05) is 14.2 Å². The van der Waals surface area contributed by atoms with Crippen LogP contribution in [0.15, 0.2) is 67.3 Å². The molecule has 0 amide bonds. The summed E-state index contributed by atoms with van der Waals surface area (Å²) in [6.45, 7) is 0. The molecule has 1 aromatic heterocycles. The quantitative estimate of drug-likeness (QED) is 0.688. The van der Waals surface area contributed by atoms with E-state index in [1.165, 1.54) is 0 Å². The lowest BCUT2D eigenvalue weighted by Crippen LogP contribution is -2.28. The van der Waals surface area contributed by atoms with Crippen molar-refractivity contribution in [3.05, 3.63) is 67.3 Å². The Morgan fingerprint density at radius 2 is 1.52 bits per heavy atom. The molecule has 0 aliphatic heterocycles. The maximum absolute atomic E-state index is 5.40. The van der Waals surface area contributed by atoms with Gasteiger partial charge in [0.25, 0.3) is 6.33 Å². The molecule has 0 N–H and O–H groups in total. The van der Waals surface area contributed by atoms with E-state index < -0.39 is 0 Å². The summed E-state index contributed by atoms with van der Waals surface area (Å²) in [7, 11) is 3.35. The smallest absolute Gasteiger partial charge is 0.254 e. The number of para-hydroxylation sites is 4. The number of imidazole rings is 1. The maximum atomic E-state index is 5.40. The molecule has 0 fully saturated rings. The van der Waals surface area contributed by atoms with Crippen molar-refractivity contribution >= 4 is 0 Å². The molecule has 0 unspecified atom stereocenters. The van der Waals surface area contributed by atoms with Gasteiger partial charge in [-0.1, -0.05) is 24.3 Å². The highest BCUT2D eigenvalue weighted by Gasteiger charge is 2.14. The molecule has 4 nitrogen and oxygen atoms in total. The summed E-state index contributed by atoms with van der Waals surface area (Å²) >= 11 is 0. The molecule has 0 saturated heterocycles. The van der Waals surface area contributed by atoms with E-state index in [0.717, 1.165) is 22.9 Å². The van der Waals surface area contributed by atoms with E-state index in [1.807, 2.05) is 76.4 Å². The van der Waals surface area contributed by atoms with Crippen LogP contribution >= 0.6 is 0 Å². The summed E-state index contributed by atoms with van der Waals surface area (Å²) in [4.78, 5) is 0. The summed E-state index contributed by atoms with van der Waals surface area (Å²) in [5, 5.41) is 0. The van der Waals surface area contributed by atoms with Crippen LogP contribution in [-0.2, 0) is 0 Å². The number of hydrogen-bond acceptors (Lipinski definition) is 2. The molecule has 0 aliphatic rings. The van der Waals surface area contributed by atoms with Crippen LogP contribution in [0.5, 0.6) is 11.5 Å². The lowest BCUT2D eigenvalue weighted by molar-refractivity contribution is -0.595. The van der Waals surface area contributed by atoms with Gasteiger partial charge in [0.2, 0.25) is 0 Å². The minimum atomic E-state index is 0.834. The standard InChI is InChI=1S/C17H17N2O2/c1-20-16-9-5-3-7-14(16)18-11-12-19(13-18)15-8-4-6-10-17(15)21-2/h3-13H,1-2H3/q+1. The van der Waals surface area contributed by atoms with E-state index in [-0.39, 0.29) is 0 Å². The van der Waals surface area contributed by atoms with Crippen molar-refractivity contribution in [2.45, 2.75) is 0 Å². The number of ether oxygens (including phenoxy) is 2. The predicted octanol–water partition coefficient (Wildman–Crippen LogP) is 2.77. The molecule has 3 rings (SSSR count). The molecule has 0 bridgehead atoms. The van der Waals surface area contributed by atoms with E-state index in [0.29, 0.717) is 0 Å². The number of methoxy groups -OCH3 is 2. The zero-order valence-corrected chi connectivity index (χ0v) is 12.1. The molecule has 1 heterocycles. The normalized spacial score (nSPS) is 10.4. The zero-order valence-electron chi connectivity index (χ0n) is 12.1. The predicted molar refractivity (Wildman–Crippen MR) is 80.4 cm³/mol. The van der Waals surface area contributed by atoms with Crippen molar-refractivity contribution in [1.82, 2.24) is 4.57 Å². The Morgan fingerprint density at radius 3 is 2.29 bits per heavy atom. The minimum Gasteiger partial charge on any atom is -0.492 e. The van der Waals surface area contributed by atoms with Gasteiger partial charge in [0, 0.05) is 0 Å². The van der Waals surface area contributed by atoms with Gasteiger partial charge in [-0.2, -0.15) is 9.13 Å². The Balaban J connectivity index is 2.04. The Bertz CT molecular complexity index is 688. The highest BCUT2D eigenvalue weighted by Crippen LogP contribution is 2.22. The van der Waals surface area contributed by atoms with Crippen molar-refractivity contribution < 1.29 is 14.0 Å². The third-order valence-corrected chi connectivity index (χ3v) is 3.36. The molecule has 106 valence electrons. The zero-order chi connectivity index (χ0) is 14.7. The monoisotopic (exact) mass is 281 g/mol. The Labute approximate surface area is 123 Å². The average Bonchev–Trinajstić information content (AvgIpc) is 3.04. The largest absolute Gasteiger partial charge is 0.492 e. The lowest BCUT2D eigenvalue weighted by atomic mass is 10.3. The number of aromatic nitrogens is 2. The summed E-state index contributed by atoms with van der Waals surface area (Å²) in [6, 6.07) is 15.8.